The highest BCUT2D eigenvalue weighted by atomic mass is 16.5. The molecule has 0 unspecified atom stereocenters. The third-order valence-electron chi connectivity index (χ3n) is 3.97. The van der Waals surface area contributed by atoms with Crippen LogP contribution in [0.1, 0.15) is 19.7 Å². The summed E-state index contributed by atoms with van der Waals surface area (Å²) in [5.41, 5.74) is 3.06. The third kappa shape index (κ3) is 3.36. The zero-order valence-corrected chi connectivity index (χ0v) is 15.4. The second-order valence-electron chi connectivity index (χ2n) is 5.87. The Bertz CT molecular complexity index is 1080. The number of hydrogen-bond acceptors (Lipinski definition) is 7. The van der Waals surface area contributed by atoms with Gasteiger partial charge >= 0.3 is 0 Å². The van der Waals surface area contributed by atoms with E-state index in [1.807, 2.05) is 57.2 Å². The molecule has 7 heteroatoms. The Morgan fingerprint density at radius 1 is 0.889 bits per heavy atom. The molecular formula is C20H19N3O4. The molecule has 2 aromatic heterocycles. The normalized spacial score (nSPS) is 11.1. The number of hydrogen-bond donors (Lipinski definition) is 0. The van der Waals surface area contributed by atoms with E-state index in [1.54, 1.807) is 0 Å². The van der Waals surface area contributed by atoms with Crippen LogP contribution in [-0.4, -0.2) is 28.3 Å². The number of fused-ring (bicyclic) bond motifs is 1. The van der Waals surface area contributed by atoms with Crippen molar-refractivity contribution in [1.82, 2.24) is 15.1 Å². The number of aryl methyl sites for hydroxylation is 1. The molecule has 0 bridgehead atoms. The van der Waals surface area contributed by atoms with E-state index in [9.17, 15) is 0 Å². The van der Waals surface area contributed by atoms with Crippen molar-refractivity contribution in [3.63, 3.8) is 0 Å². The van der Waals surface area contributed by atoms with Crippen LogP contribution in [0.3, 0.4) is 0 Å². The van der Waals surface area contributed by atoms with E-state index in [0.29, 0.717) is 42.3 Å². The standard InChI is InChI=1S/C20H19N3O4/c1-4-24-17-9-7-14(11-18(17)25-5-2)20-22-19(23-27-20)13-6-8-16-15(10-13)21-12(3)26-16/h6-11H,4-5H2,1-3H3. The Labute approximate surface area is 155 Å². The van der Waals surface area contributed by atoms with Crippen molar-refractivity contribution in [3.05, 3.63) is 42.3 Å². The molecule has 0 radical (unpaired) electrons. The van der Waals surface area contributed by atoms with Crippen LogP contribution in [0.5, 0.6) is 11.5 Å². The Balaban J connectivity index is 1.67. The summed E-state index contributed by atoms with van der Waals surface area (Å²) in [7, 11) is 0. The number of aromatic nitrogens is 3. The molecule has 0 aliphatic carbocycles. The van der Waals surface area contributed by atoms with Gasteiger partial charge in [0.1, 0.15) is 5.52 Å². The van der Waals surface area contributed by atoms with Crippen LogP contribution in [0.25, 0.3) is 33.9 Å². The molecule has 4 aromatic rings. The predicted molar refractivity (Wildman–Crippen MR) is 99.8 cm³/mol. The summed E-state index contributed by atoms with van der Waals surface area (Å²) in [5.74, 6) is 2.85. The number of rotatable bonds is 6. The average molecular weight is 365 g/mol. The second kappa shape index (κ2) is 7.11. The van der Waals surface area contributed by atoms with Gasteiger partial charge < -0.3 is 18.4 Å². The summed E-state index contributed by atoms with van der Waals surface area (Å²) < 4.78 is 22.2. The van der Waals surface area contributed by atoms with E-state index >= 15 is 0 Å². The van der Waals surface area contributed by atoms with Crippen molar-refractivity contribution in [2.75, 3.05) is 13.2 Å². The molecule has 0 spiro atoms. The lowest BCUT2D eigenvalue weighted by Gasteiger charge is -2.11. The maximum atomic E-state index is 5.66. The Kier molecular flexibility index (Phi) is 4.50. The molecule has 0 N–H and O–H groups in total. The lowest BCUT2D eigenvalue weighted by Crippen LogP contribution is -1.98. The lowest BCUT2D eigenvalue weighted by atomic mass is 10.2. The van der Waals surface area contributed by atoms with Gasteiger partial charge in [0.25, 0.3) is 5.89 Å². The molecule has 0 saturated heterocycles. The Morgan fingerprint density at radius 2 is 1.67 bits per heavy atom. The predicted octanol–water partition coefficient (Wildman–Crippen LogP) is 4.65. The fraction of sp³-hybridized carbons (Fsp3) is 0.250. The van der Waals surface area contributed by atoms with Crippen LogP contribution in [0.4, 0.5) is 0 Å². The maximum absolute atomic E-state index is 5.66. The first-order valence-electron chi connectivity index (χ1n) is 8.79. The molecule has 0 atom stereocenters. The minimum absolute atomic E-state index is 0.408. The smallest absolute Gasteiger partial charge is 0.258 e. The average Bonchev–Trinajstić information content (AvgIpc) is 3.28. The van der Waals surface area contributed by atoms with Crippen LogP contribution >= 0.6 is 0 Å². The van der Waals surface area contributed by atoms with Crippen molar-refractivity contribution in [3.8, 4) is 34.3 Å². The summed E-state index contributed by atoms with van der Waals surface area (Å²) in [6.07, 6.45) is 0. The molecular weight excluding hydrogens is 346 g/mol. The maximum Gasteiger partial charge on any atom is 0.258 e. The highest BCUT2D eigenvalue weighted by Crippen LogP contribution is 2.33. The van der Waals surface area contributed by atoms with E-state index in [-0.39, 0.29) is 0 Å². The van der Waals surface area contributed by atoms with E-state index in [1.165, 1.54) is 0 Å². The van der Waals surface area contributed by atoms with Gasteiger partial charge in [-0.2, -0.15) is 4.98 Å². The Hall–Kier alpha value is -3.35. The second-order valence-corrected chi connectivity index (χ2v) is 5.87. The first kappa shape index (κ1) is 17.1. The van der Waals surface area contributed by atoms with Crippen LogP contribution in [0, 0.1) is 6.92 Å². The van der Waals surface area contributed by atoms with Gasteiger partial charge in [-0.05, 0) is 50.2 Å². The monoisotopic (exact) mass is 365 g/mol. The third-order valence-corrected chi connectivity index (χ3v) is 3.97. The van der Waals surface area contributed by atoms with Crippen molar-refractivity contribution >= 4 is 11.1 Å². The topological polar surface area (TPSA) is 83.4 Å². The molecule has 27 heavy (non-hydrogen) atoms. The first-order valence-corrected chi connectivity index (χ1v) is 8.79. The minimum Gasteiger partial charge on any atom is -0.490 e. The van der Waals surface area contributed by atoms with E-state index in [2.05, 4.69) is 15.1 Å². The molecule has 2 heterocycles. The molecule has 0 fully saturated rings. The summed E-state index contributed by atoms with van der Waals surface area (Å²) in [5, 5.41) is 4.09. The van der Waals surface area contributed by atoms with Gasteiger partial charge in [-0.3, -0.25) is 0 Å². The van der Waals surface area contributed by atoms with Crippen molar-refractivity contribution < 1.29 is 18.4 Å². The minimum atomic E-state index is 0.408. The van der Waals surface area contributed by atoms with Gasteiger partial charge in [0.15, 0.2) is 23.0 Å². The number of benzene rings is 2. The largest absolute Gasteiger partial charge is 0.490 e. The van der Waals surface area contributed by atoms with Gasteiger partial charge in [-0.25, -0.2) is 4.98 Å². The lowest BCUT2D eigenvalue weighted by molar-refractivity contribution is 0.288. The zero-order valence-electron chi connectivity index (χ0n) is 15.4. The molecule has 0 aliphatic heterocycles. The van der Waals surface area contributed by atoms with Crippen LogP contribution in [-0.2, 0) is 0 Å². The number of nitrogens with zero attached hydrogens (tertiary/aromatic N) is 3. The Morgan fingerprint density at radius 3 is 2.48 bits per heavy atom. The fourth-order valence-corrected chi connectivity index (χ4v) is 2.82. The number of ether oxygens (including phenoxy) is 2. The van der Waals surface area contributed by atoms with Gasteiger partial charge in [-0.1, -0.05) is 5.16 Å². The van der Waals surface area contributed by atoms with E-state index in [4.69, 9.17) is 18.4 Å². The first-order chi connectivity index (χ1) is 13.2. The van der Waals surface area contributed by atoms with Gasteiger partial charge in [-0.15, -0.1) is 0 Å². The van der Waals surface area contributed by atoms with Crippen molar-refractivity contribution in [1.29, 1.82) is 0 Å². The molecule has 0 amide bonds. The summed E-state index contributed by atoms with van der Waals surface area (Å²) in [4.78, 5) is 8.85. The molecule has 2 aromatic carbocycles. The highest BCUT2D eigenvalue weighted by Gasteiger charge is 2.15. The molecule has 4 rings (SSSR count). The molecule has 138 valence electrons. The summed E-state index contributed by atoms with van der Waals surface area (Å²) in [6, 6.07) is 11.2. The van der Waals surface area contributed by atoms with Crippen LogP contribution in [0.2, 0.25) is 0 Å². The zero-order chi connectivity index (χ0) is 18.8. The van der Waals surface area contributed by atoms with E-state index in [0.717, 1.165) is 22.2 Å². The van der Waals surface area contributed by atoms with Gasteiger partial charge in [0.2, 0.25) is 5.82 Å². The molecule has 0 saturated carbocycles. The van der Waals surface area contributed by atoms with Crippen LogP contribution < -0.4 is 9.47 Å². The highest BCUT2D eigenvalue weighted by molar-refractivity contribution is 5.78. The molecule has 0 aliphatic rings. The summed E-state index contributed by atoms with van der Waals surface area (Å²) in [6.45, 7) is 6.77. The summed E-state index contributed by atoms with van der Waals surface area (Å²) >= 11 is 0. The van der Waals surface area contributed by atoms with Crippen molar-refractivity contribution in [2.24, 2.45) is 0 Å². The van der Waals surface area contributed by atoms with Crippen molar-refractivity contribution in [2.45, 2.75) is 20.8 Å². The van der Waals surface area contributed by atoms with Gasteiger partial charge in [0, 0.05) is 18.1 Å². The van der Waals surface area contributed by atoms with Crippen LogP contribution in [0.15, 0.2) is 45.3 Å². The number of oxazole rings is 1. The quantitative estimate of drug-likeness (QED) is 0.492. The van der Waals surface area contributed by atoms with E-state index < -0.39 is 0 Å². The SMILES string of the molecule is CCOc1ccc(-c2nc(-c3ccc4oc(C)nc4c3)no2)cc1OCC. The molecule has 7 nitrogen and oxygen atoms in total. The fourth-order valence-electron chi connectivity index (χ4n) is 2.82. The van der Waals surface area contributed by atoms with Gasteiger partial charge in [0.05, 0.1) is 13.2 Å².